The number of anilines is 1. The molecule has 2 N–H and O–H groups in total. The fourth-order valence-electron chi connectivity index (χ4n) is 3.04. The summed E-state index contributed by atoms with van der Waals surface area (Å²) in [5.74, 6) is -1.94. The second-order valence-electron chi connectivity index (χ2n) is 6.39. The lowest BCUT2D eigenvalue weighted by molar-refractivity contribution is -0.126. The standard InChI is InChI=1S/C19H23FN2O5/c1-3-26-17(27-4-2)9-21-15-8-16-12(7-14(15)20)18(23)13(19(24)25)10-22(16)11-5-6-11/h7-8,10-11,17,21H,3-6,9H2,1-2H3,(H,24,25). The molecule has 0 spiro atoms. The van der Waals surface area contributed by atoms with Gasteiger partial charge in [-0.3, -0.25) is 4.79 Å². The Morgan fingerprint density at radius 3 is 2.56 bits per heavy atom. The molecule has 0 bridgehead atoms. The number of nitrogens with zero attached hydrogens (tertiary/aromatic N) is 1. The number of nitrogens with one attached hydrogen (secondary N) is 1. The molecule has 2 aromatic rings. The van der Waals surface area contributed by atoms with Gasteiger partial charge in [-0.2, -0.15) is 0 Å². The van der Waals surface area contributed by atoms with Crippen molar-refractivity contribution < 1.29 is 23.8 Å². The van der Waals surface area contributed by atoms with Crippen molar-refractivity contribution in [3.63, 3.8) is 0 Å². The number of fused-ring (bicyclic) bond motifs is 1. The first-order valence-corrected chi connectivity index (χ1v) is 9.05. The highest BCUT2D eigenvalue weighted by atomic mass is 19.1. The molecular weight excluding hydrogens is 355 g/mol. The van der Waals surface area contributed by atoms with Crippen LogP contribution in [0.5, 0.6) is 0 Å². The van der Waals surface area contributed by atoms with Crippen LogP contribution in [0.15, 0.2) is 23.1 Å². The number of hydrogen-bond acceptors (Lipinski definition) is 5. The Balaban J connectivity index is 2.00. The second-order valence-corrected chi connectivity index (χ2v) is 6.39. The summed E-state index contributed by atoms with van der Waals surface area (Å²) in [4.78, 5) is 23.8. The molecule has 0 amide bonds. The van der Waals surface area contributed by atoms with Gasteiger partial charge in [-0.25, -0.2) is 9.18 Å². The highest BCUT2D eigenvalue weighted by Gasteiger charge is 2.27. The topological polar surface area (TPSA) is 89.8 Å². The molecule has 0 radical (unpaired) electrons. The van der Waals surface area contributed by atoms with Crippen molar-refractivity contribution in [2.24, 2.45) is 0 Å². The fraction of sp³-hybridized carbons (Fsp3) is 0.474. The number of carboxylic acids is 1. The Labute approximate surface area is 155 Å². The van der Waals surface area contributed by atoms with Crippen LogP contribution in [-0.2, 0) is 9.47 Å². The molecule has 1 fully saturated rings. The zero-order valence-electron chi connectivity index (χ0n) is 15.3. The molecule has 7 nitrogen and oxygen atoms in total. The van der Waals surface area contributed by atoms with Crippen molar-refractivity contribution in [1.29, 1.82) is 0 Å². The van der Waals surface area contributed by atoms with Crippen LogP contribution >= 0.6 is 0 Å². The van der Waals surface area contributed by atoms with Gasteiger partial charge >= 0.3 is 5.97 Å². The van der Waals surface area contributed by atoms with E-state index in [1.54, 1.807) is 10.6 Å². The summed E-state index contributed by atoms with van der Waals surface area (Å²) in [6, 6.07) is 2.77. The van der Waals surface area contributed by atoms with Gasteiger partial charge in [0, 0.05) is 30.8 Å². The van der Waals surface area contributed by atoms with Crippen molar-refractivity contribution >= 4 is 22.6 Å². The van der Waals surface area contributed by atoms with Crippen LogP contribution in [0.25, 0.3) is 10.9 Å². The second kappa shape index (κ2) is 8.06. The molecule has 1 aromatic carbocycles. The molecule has 1 aliphatic rings. The molecule has 0 saturated heterocycles. The summed E-state index contributed by atoms with van der Waals surface area (Å²) in [5, 5.41) is 12.3. The number of carbonyl (C=O) groups is 1. The third kappa shape index (κ3) is 4.12. The van der Waals surface area contributed by atoms with Crippen molar-refractivity contribution in [2.45, 2.75) is 39.0 Å². The van der Waals surface area contributed by atoms with Gasteiger partial charge in [-0.05, 0) is 38.8 Å². The molecule has 27 heavy (non-hydrogen) atoms. The Kier molecular flexibility index (Phi) is 5.76. The first kappa shape index (κ1) is 19.3. The maximum atomic E-state index is 14.6. The smallest absolute Gasteiger partial charge is 0.341 e. The van der Waals surface area contributed by atoms with Gasteiger partial charge in [0.1, 0.15) is 11.4 Å². The number of benzene rings is 1. The van der Waals surface area contributed by atoms with Gasteiger partial charge in [0.15, 0.2) is 6.29 Å². The van der Waals surface area contributed by atoms with Gasteiger partial charge in [-0.15, -0.1) is 0 Å². The molecule has 1 saturated carbocycles. The summed E-state index contributed by atoms with van der Waals surface area (Å²) in [6.07, 6.45) is 2.63. The largest absolute Gasteiger partial charge is 0.477 e. The molecular formula is C19H23FN2O5. The third-order valence-electron chi connectivity index (χ3n) is 4.46. The predicted octanol–water partition coefficient (Wildman–Crippen LogP) is 2.98. The summed E-state index contributed by atoms with van der Waals surface area (Å²) in [7, 11) is 0. The number of halogens is 1. The van der Waals surface area contributed by atoms with E-state index in [1.807, 2.05) is 13.8 Å². The number of ether oxygens (including phenoxy) is 2. The average Bonchev–Trinajstić information content (AvgIpc) is 3.46. The van der Waals surface area contributed by atoms with Crippen LogP contribution in [0, 0.1) is 5.82 Å². The zero-order chi connectivity index (χ0) is 19.6. The van der Waals surface area contributed by atoms with E-state index in [2.05, 4.69) is 5.32 Å². The minimum absolute atomic E-state index is 0.0658. The van der Waals surface area contributed by atoms with Gasteiger partial charge in [-0.1, -0.05) is 0 Å². The molecule has 3 rings (SSSR count). The molecule has 0 aliphatic heterocycles. The van der Waals surface area contributed by atoms with Crippen molar-refractivity contribution in [2.75, 3.05) is 25.1 Å². The number of pyridine rings is 1. The van der Waals surface area contributed by atoms with Gasteiger partial charge in [0.05, 0.1) is 17.7 Å². The number of carboxylic acid groups (broad SMARTS) is 1. The molecule has 8 heteroatoms. The van der Waals surface area contributed by atoms with E-state index >= 15 is 0 Å². The van der Waals surface area contributed by atoms with Crippen LogP contribution < -0.4 is 10.7 Å². The summed E-state index contributed by atoms with van der Waals surface area (Å²) in [5.41, 5.74) is -0.298. The van der Waals surface area contributed by atoms with E-state index in [9.17, 15) is 19.1 Å². The molecule has 0 unspecified atom stereocenters. The fourth-order valence-corrected chi connectivity index (χ4v) is 3.04. The highest BCUT2D eigenvalue weighted by Crippen LogP contribution is 2.37. The van der Waals surface area contributed by atoms with E-state index < -0.39 is 23.5 Å². The van der Waals surface area contributed by atoms with Crippen molar-refractivity contribution in [3.8, 4) is 0 Å². The summed E-state index contributed by atoms with van der Waals surface area (Å²) >= 11 is 0. The van der Waals surface area contributed by atoms with Crippen LogP contribution in [-0.4, -0.2) is 41.7 Å². The lowest BCUT2D eigenvalue weighted by Gasteiger charge is -2.19. The minimum atomic E-state index is -1.31. The monoisotopic (exact) mass is 378 g/mol. The van der Waals surface area contributed by atoms with Crippen LogP contribution in [0.1, 0.15) is 43.1 Å². The summed E-state index contributed by atoms with van der Waals surface area (Å²) in [6.45, 7) is 4.86. The lowest BCUT2D eigenvalue weighted by Crippen LogP contribution is -2.27. The van der Waals surface area contributed by atoms with Gasteiger partial charge in [0.2, 0.25) is 5.43 Å². The van der Waals surface area contributed by atoms with E-state index in [1.165, 1.54) is 6.20 Å². The minimum Gasteiger partial charge on any atom is -0.477 e. The van der Waals surface area contributed by atoms with E-state index in [4.69, 9.17) is 9.47 Å². The quantitative estimate of drug-likeness (QED) is 0.652. The first-order chi connectivity index (χ1) is 13.0. The van der Waals surface area contributed by atoms with Crippen molar-refractivity contribution in [1.82, 2.24) is 4.57 Å². The molecule has 0 atom stereocenters. The Morgan fingerprint density at radius 1 is 1.33 bits per heavy atom. The molecule has 1 aromatic heterocycles. The maximum Gasteiger partial charge on any atom is 0.341 e. The Morgan fingerprint density at radius 2 is 2.00 bits per heavy atom. The summed E-state index contributed by atoms with van der Waals surface area (Å²) < 4.78 is 27.2. The average molecular weight is 378 g/mol. The normalized spacial score (nSPS) is 14.1. The Bertz CT molecular complexity index is 901. The Hall–Kier alpha value is -2.45. The number of hydrogen-bond donors (Lipinski definition) is 2. The molecule has 146 valence electrons. The van der Waals surface area contributed by atoms with E-state index in [0.717, 1.165) is 18.9 Å². The molecule has 1 aliphatic carbocycles. The number of rotatable bonds is 9. The maximum absolute atomic E-state index is 14.6. The van der Waals surface area contributed by atoms with Gasteiger partial charge in [0.25, 0.3) is 0 Å². The van der Waals surface area contributed by atoms with Gasteiger partial charge < -0.3 is 24.5 Å². The first-order valence-electron chi connectivity index (χ1n) is 9.05. The highest BCUT2D eigenvalue weighted by molar-refractivity contribution is 5.93. The third-order valence-corrected chi connectivity index (χ3v) is 4.46. The SMILES string of the molecule is CCOC(CNc1cc2c(cc1F)c(=O)c(C(=O)O)cn2C1CC1)OCC. The van der Waals surface area contributed by atoms with E-state index in [-0.39, 0.29) is 29.2 Å². The molecule has 1 heterocycles. The van der Waals surface area contributed by atoms with E-state index in [0.29, 0.717) is 18.7 Å². The zero-order valence-corrected chi connectivity index (χ0v) is 15.3. The number of aromatic nitrogens is 1. The lowest BCUT2D eigenvalue weighted by atomic mass is 10.1. The number of aromatic carboxylic acids is 1. The van der Waals surface area contributed by atoms with Crippen LogP contribution in [0.4, 0.5) is 10.1 Å². The van der Waals surface area contributed by atoms with Crippen LogP contribution in [0.2, 0.25) is 0 Å². The predicted molar refractivity (Wildman–Crippen MR) is 98.9 cm³/mol. The van der Waals surface area contributed by atoms with Crippen molar-refractivity contribution in [3.05, 3.63) is 39.9 Å². The van der Waals surface area contributed by atoms with Crippen LogP contribution in [0.3, 0.4) is 0 Å².